The maximum atomic E-state index is 10.5. The van der Waals surface area contributed by atoms with Crippen LogP contribution in [0.1, 0.15) is 19.3 Å². The summed E-state index contributed by atoms with van der Waals surface area (Å²) in [5, 5.41) is 20.1. The van der Waals surface area contributed by atoms with Crippen molar-refractivity contribution in [1.82, 2.24) is 20.2 Å². The fraction of sp³-hybridized carbons (Fsp3) is 0.778. The number of hydrogen-bond donors (Lipinski definition) is 1. The minimum atomic E-state index is -0.945. The van der Waals surface area contributed by atoms with Crippen molar-refractivity contribution in [2.75, 3.05) is 19.5 Å². The van der Waals surface area contributed by atoms with Gasteiger partial charge in [-0.25, -0.2) is 4.68 Å². The number of carboxylic acids is 1. The van der Waals surface area contributed by atoms with E-state index in [4.69, 9.17) is 9.84 Å². The Balaban J connectivity index is 2.22. The number of methoxy groups -OCH3 is 1. The second kappa shape index (κ2) is 8.02. The van der Waals surface area contributed by atoms with Gasteiger partial charge in [0, 0.05) is 19.5 Å². The zero-order valence-electron chi connectivity index (χ0n) is 9.70. The molecule has 1 heterocycles. The molecular weight excluding hydrogens is 244 g/mol. The van der Waals surface area contributed by atoms with Crippen molar-refractivity contribution in [1.29, 1.82) is 0 Å². The molecule has 0 aliphatic rings. The number of aromatic nitrogens is 4. The van der Waals surface area contributed by atoms with Gasteiger partial charge in [0.05, 0.1) is 0 Å². The Morgan fingerprint density at radius 1 is 1.47 bits per heavy atom. The second-order valence-electron chi connectivity index (χ2n) is 3.41. The third-order valence-electron chi connectivity index (χ3n) is 2.01. The predicted molar refractivity (Wildman–Crippen MR) is 61.9 cm³/mol. The lowest BCUT2D eigenvalue weighted by atomic mass is 10.3. The molecular formula is C9H16N4O3S. The summed E-state index contributed by atoms with van der Waals surface area (Å²) in [5.74, 6) is -0.0665. The summed E-state index contributed by atoms with van der Waals surface area (Å²) in [4.78, 5) is 10.5. The summed E-state index contributed by atoms with van der Waals surface area (Å²) in [6, 6.07) is 0. The van der Waals surface area contributed by atoms with E-state index in [9.17, 15) is 4.79 Å². The first-order valence-electron chi connectivity index (χ1n) is 5.33. The summed E-state index contributed by atoms with van der Waals surface area (Å²) in [6.07, 6.45) is 3.16. The molecule has 0 spiro atoms. The molecule has 0 atom stereocenters. The molecule has 0 aromatic carbocycles. The highest BCUT2D eigenvalue weighted by molar-refractivity contribution is 7.99. The van der Waals surface area contributed by atoms with Crippen LogP contribution in [0.3, 0.4) is 0 Å². The molecule has 0 saturated carbocycles. The minimum absolute atomic E-state index is 0.195. The topological polar surface area (TPSA) is 90.1 Å². The van der Waals surface area contributed by atoms with Crippen molar-refractivity contribution in [3.8, 4) is 0 Å². The first-order chi connectivity index (χ1) is 8.24. The van der Waals surface area contributed by atoms with Crippen LogP contribution < -0.4 is 0 Å². The van der Waals surface area contributed by atoms with E-state index in [-0.39, 0.29) is 6.54 Å². The molecule has 0 radical (unpaired) electrons. The van der Waals surface area contributed by atoms with Gasteiger partial charge in [-0.2, -0.15) is 0 Å². The van der Waals surface area contributed by atoms with Gasteiger partial charge in [-0.05, 0) is 23.3 Å². The largest absolute Gasteiger partial charge is 0.480 e. The normalized spacial score (nSPS) is 10.6. The highest BCUT2D eigenvalue weighted by Crippen LogP contribution is 2.15. The van der Waals surface area contributed by atoms with Gasteiger partial charge < -0.3 is 9.84 Å². The fourth-order valence-corrected chi connectivity index (χ4v) is 2.09. The Hall–Kier alpha value is -1.15. The predicted octanol–water partition coefficient (Wildman–Crippen LogP) is 0.666. The number of unbranched alkanes of at least 4 members (excludes halogenated alkanes) is 2. The average Bonchev–Trinajstić information content (AvgIpc) is 2.70. The van der Waals surface area contributed by atoms with Gasteiger partial charge in [0.1, 0.15) is 6.54 Å². The third-order valence-corrected chi connectivity index (χ3v) is 3.05. The smallest absolute Gasteiger partial charge is 0.325 e. The summed E-state index contributed by atoms with van der Waals surface area (Å²) in [5.41, 5.74) is 0. The second-order valence-corrected chi connectivity index (χ2v) is 4.48. The highest BCUT2D eigenvalue weighted by atomic mass is 32.2. The molecule has 0 unspecified atom stereocenters. The maximum Gasteiger partial charge on any atom is 0.325 e. The standard InChI is InChI=1S/C9H16N4O3S/c1-16-5-3-2-4-6-17-9-10-11-12-13(9)7-8(14)15/h2-7H2,1H3,(H,14,15). The van der Waals surface area contributed by atoms with Crippen LogP contribution in [-0.4, -0.2) is 50.8 Å². The van der Waals surface area contributed by atoms with Crippen LogP contribution in [-0.2, 0) is 16.1 Å². The van der Waals surface area contributed by atoms with Crippen molar-refractivity contribution < 1.29 is 14.6 Å². The van der Waals surface area contributed by atoms with Crippen LogP contribution in [0.5, 0.6) is 0 Å². The number of aliphatic carboxylic acids is 1. The Morgan fingerprint density at radius 2 is 2.29 bits per heavy atom. The molecule has 1 rings (SSSR count). The number of carboxylic acid groups (broad SMARTS) is 1. The van der Waals surface area contributed by atoms with Crippen molar-refractivity contribution in [2.45, 2.75) is 31.0 Å². The molecule has 0 amide bonds. The van der Waals surface area contributed by atoms with Crippen molar-refractivity contribution in [3.05, 3.63) is 0 Å². The molecule has 1 aromatic heterocycles. The maximum absolute atomic E-state index is 10.5. The van der Waals surface area contributed by atoms with Gasteiger partial charge in [-0.15, -0.1) is 5.10 Å². The number of thioether (sulfide) groups is 1. The minimum Gasteiger partial charge on any atom is -0.480 e. The van der Waals surface area contributed by atoms with Crippen molar-refractivity contribution in [2.24, 2.45) is 0 Å². The number of ether oxygens (including phenoxy) is 1. The molecule has 1 aromatic rings. The van der Waals surface area contributed by atoms with E-state index in [1.807, 2.05) is 0 Å². The summed E-state index contributed by atoms with van der Waals surface area (Å²) in [7, 11) is 1.69. The SMILES string of the molecule is COCCCCCSc1nnnn1CC(=O)O. The Bertz CT molecular complexity index is 345. The molecule has 1 N–H and O–H groups in total. The molecule has 0 bridgehead atoms. The van der Waals surface area contributed by atoms with Gasteiger partial charge in [-0.3, -0.25) is 4.79 Å². The van der Waals surface area contributed by atoms with E-state index < -0.39 is 5.97 Å². The molecule has 0 saturated heterocycles. The number of tetrazole rings is 1. The van der Waals surface area contributed by atoms with E-state index in [1.54, 1.807) is 7.11 Å². The monoisotopic (exact) mass is 260 g/mol. The Labute approximate surface area is 104 Å². The van der Waals surface area contributed by atoms with E-state index >= 15 is 0 Å². The molecule has 7 nitrogen and oxygen atoms in total. The van der Waals surface area contributed by atoms with Gasteiger partial charge in [0.25, 0.3) is 0 Å². The number of nitrogens with zero attached hydrogens (tertiary/aromatic N) is 4. The lowest BCUT2D eigenvalue weighted by Gasteiger charge is -2.01. The lowest BCUT2D eigenvalue weighted by Crippen LogP contribution is -2.11. The quantitative estimate of drug-likeness (QED) is 0.515. The molecule has 0 fully saturated rings. The summed E-state index contributed by atoms with van der Waals surface area (Å²) < 4.78 is 6.24. The zero-order valence-corrected chi connectivity index (χ0v) is 10.5. The van der Waals surface area contributed by atoms with Gasteiger partial charge in [-0.1, -0.05) is 18.2 Å². The third kappa shape index (κ3) is 5.64. The number of hydrogen-bond acceptors (Lipinski definition) is 6. The first-order valence-corrected chi connectivity index (χ1v) is 6.32. The van der Waals surface area contributed by atoms with Crippen molar-refractivity contribution in [3.63, 3.8) is 0 Å². The molecule has 96 valence electrons. The molecule has 0 aliphatic carbocycles. The zero-order chi connectivity index (χ0) is 12.5. The van der Waals surface area contributed by atoms with Crippen molar-refractivity contribution >= 4 is 17.7 Å². The number of rotatable bonds is 9. The lowest BCUT2D eigenvalue weighted by molar-refractivity contribution is -0.138. The van der Waals surface area contributed by atoms with Crippen LogP contribution in [0.4, 0.5) is 0 Å². The van der Waals surface area contributed by atoms with E-state index in [2.05, 4.69) is 15.5 Å². The van der Waals surface area contributed by atoms with Gasteiger partial charge in [0.15, 0.2) is 0 Å². The van der Waals surface area contributed by atoms with Gasteiger partial charge in [0.2, 0.25) is 5.16 Å². The fourth-order valence-electron chi connectivity index (χ4n) is 1.22. The molecule has 8 heteroatoms. The molecule has 17 heavy (non-hydrogen) atoms. The van der Waals surface area contributed by atoms with Crippen LogP contribution in [0, 0.1) is 0 Å². The average molecular weight is 260 g/mol. The van der Waals surface area contributed by atoms with Crippen LogP contribution >= 0.6 is 11.8 Å². The highest BCUT2D eigenvalue weighted by Gasteiger charge is 2.09. The van der Waals surface area contributed by atoms with Crippen LogP contribution in [0.25, 0.3) is 0 Å². The number of carbonyl (C=O) groups is 1. The first kappa shape index (κ1) is 13.9. The van der Waals surface area contributed by atoms with E-state index in [1.165, 1.54) is 16.4 Å². The van der Waals surface area contributed by atoms with Crippen LogP contribution in [0.15, 0.2) is 5.16 Å². The van der Waals surface area contributed by atoms with Crippen LogP contribution in [0.2, 0.25) is 0 Å². The van der Waals surface area contributed by atoms with Gasteiger partial charge >= 0.3 is 5.97 Å². The van der Waals surface area contributed by atoms with E-state index in [0.29, 0.717) is 5.16 Å². The summed E-state index contributed by atoms with van der Waals surface area (Å²) >= 11 is 1.48. The Kier molecular flexibility index (Phi) is 6.56. The summed E-state index contributed by atoms with van der Waals surface area (Å²) in [6.45, 7) is 0.584. The van der Waals surface area contributed by atoms with E-state index in [0.717, 1.165) is 31.6 Å². The Morgan fingerprint density at radius 3 is 3.00 bits per heavy atom. The molecule has 0 aliphatic heterocycles.